The highest BCUT2D eigenvalue weighted by molar-refractivity contribution is 5.78. The number of aryl methyl sites for hydroxylation is 1. The van der Waals surface area contributed by atoms with E-state index in [0.717, 1.165) is 12.8 Å². The van der Waals surface area contributed by atoms with E-state index in [1.165, 1.54) is 27.8 Å². The van der Waals surface area contributed by atoms with Crippen molar-refractivity contribution in [3.8, 4) is 11.1 Å². The molecule has 0 saturated carbocycles. The van der Waals surface area contributed by atoms with Crippen LogP contribution in [0.5, 0.6) is 0 Å². The summed E-state index contributed by atoms with van der Waals surface area (Å²) >= 11 is 0. The van der Waals surface area contributed by atoms with E-state index in [0.29, 0.717) is 0 Å². The molecule has 0 aromatic heterocycles. The van der Waals surface area contributed by atoms with Crippen LogP contribution in [0.2, 0.25) is 0 Å². The maximum atomic E-state index is 2.42. The van der Waals surface area contributed by atoms with Crippen molar-refractivity contribution in [2.45, 2.75) is 46.0 Å². The third kappa shape index (κ3) is 2.00. The molecule has 0 heterocycles. The lowest BCUT2D eigenvalue weighted by atomic mass is 9.83. The fourth-order valence-corrected chi connectivity index (χ4v) is 3.06. The molecule has 0 amide bonds. The normalized spacial score (nSPS) is 13.3. The molecule has 1 aliphatic rings. The van der Waals surface area contributed by atoms with E-state index in [-0.39, 0.29) is 5.41 Å². The summed E-state index contributed by atoms with van der Waals surface area (Å²) in [5.41, 5.74) is 9.16. The van der Waals surface area contributed by atoms with Gasteiger partial charge in [-0.1, -0.05) is 64.1 Å². The second kappa shape index (κ2) is 4.23. The number of fused-ring (bicyclic) bond motifs is 3. The van der Waals surface area contributed by atoms with E-state index in [2.05, 4.69) is 64.1 Å². The highest BCUT2D eigenvalue weighted by atomic mass is 14.3. The monoisotopic (exact) mass is 250 g/mol. The minimum absolute atomic E-state index is 0.219. The zero-order valence-electron chi connectivity index (χ0n) is 12.4. The van der Waals surface area contributed by atoms with Crippen molar-refractivity contribution in [2.24, 2.45) is 0 Å². The lowest BCUT2D eigenvalue weighted by Crippen LogP contribution is -2.12. The summed E-state index contributed by atoms with van der Waals surface area (Å²) in [5, 5.41) is 0. The van der Waals surface area contributed by atoms with Gasteiger partial charge < -0.3 is 0 Å². The smallest absolute Gasteiger partial charge is 0.00107 e. The number of benzene rings is 2. The molecule has 1 aliphatic carbocycles. The van der Waals surface area contributed by atoms with Gasteiger partial charge in [-0.2, -0.15) is 0 Å². The second-order valence-corrected chi connectivity index (χ2v) is 6.60. The van der Waals surface area contributed by atoms with E-state index in [4.69, 9.17) is 0 Å². The molecule has 98 valence electrons. The average molecular weight is 250 g/mol. The predicted octanol–water partition coefficient (Wildman–Crippen LogP) is 5.12. The lowest BCUT2D eigenvalue weighted by molar-refractivity contribution is 0.589. The first kappa shape index (κ1) is 12.5. The zero-order valence-corrected chi connectivity index (χ0v) is 12.4. The molecule has 0 N–H and O–H groups in total. The Hall–Kier alpha value is -1.56. The maximum absolute atomic E-state index is 2.42. The molecule has 0 nitrogen and oxygen atoms in total. The molecule has 0 atom stereocenters. The quantitative estimate of drug-likeness (QED) is 0.562. The van der Waals surface area contributed by atoms with Crippen molar-refractivity contribution in [3.05, 3.63) is 58.7 Å². The topological polar surface area (TPSA) is 0 Å². The van der Waals surface area contributed by atoms with E-state index < -0.39 is 0 Å². The van der Waals surface area contributed by atoms with Crippen LogP contribution < -0.4 is 0 Å². The van der Waals surface area contributed by atoms with Crippen LogP contribution in [0.25, 0.3) is 11.1 Å². The molecule has 3 rings (SSSR count). The first-order chi connectivity index (χ1) is 9.00. The Kier molecular flexibility index (Phi) is 2.78. The molecule has 0 spiro atoms. The van der Waals surface area contributed by atoms with Gasteiger partial charge in [-0.15, -0.1) is 0 Å². The highest BCUT2D eigenvalue weighted by Gasteiger charge is 2.24. The first-order valence-corrected chi connectivity index (χ1v) is 7.25. The molecule has 0 fully saturated rings. The molecule has 19 heavy (non-hydrogen) atoms. The van der Waals surface area contributed by atoms with Gasteiger partial charge in [0.05, 0.1) is 0 Å². The molecular formula is C19H22. The minimum atomic E-state index is 0.219. The van der Waals surface area contributed by atoms with Crippen LogP contribution in [0.15, 0.2) is 36.4 Å². The van der Waals surface area contributed by atoms with Gasteiger partial charge in [0.25, 0.3) is 0 Å². The largest absolute Gasteiger partial charge is 0.0619 e. The van der Waals surface area contributed by atoms with Gasteiger partial charge in [0.15, 0.2) is 0 Å². The van der Waals surface area contributed by atoms with E-state index in [1.807, 2.05) is 0 Å². The summed E-state index contributed by atoms with van der Waals surface area (Å²) in [6, 6.07) is 13.7. The Balaban J connectivity index is 2.25. The Morgan fingerprint density at radius 1 is 1.00 bits per heavy atom. The highest BCUT2D eigenvalue weighted by Crippen LogP contribution is 2.41. The van der Waals surface area contributed by atoms with Gasteiger partial charge in [-0.25, -0.2) is 0 Å². The summed E-state index contributed by atoms with van der Waals surface area (Å²) in [4.78, 5) is 0. The molecule has 0 saturated heterocycles. The molecule has 0 radical (unpaired) electrons. The standard InChI is InChI=1S/C19H22/c1-5-13-10-15(19(2,3)4)12-18-16-9-7-6-8-14(16)11-17(13)18/h6-10,12H,5,11H2,1-4H3. The average Bonchev–Trinajstić information content (AvgIpc) is 2.75. The fraction of sp³-hybridized carbons (Fsp3) is 0.368. The van der Waals surface area contributed by atoms with Crippen molar-refractivity contribution in [2.75, 3.05) is 0 Å². The van der Waals surface area contributed by atoms with Crippen molar-refractivity contribution in [3.63, 3.8) is 0 Å². The van der Waals surface area contributed by atoms with Crippen molar-refractivity contribution in [1.82, 2.24) is 0 Å². The number of hydrogen-bond donors (Lipinski definition) is 0. The van der Waals surface area contributed by atoms with Gasteiger partial charge in [-0.3, -0.25) is 0 Å². The Morgan fingerprint density at radius 3 is 2.42 bits per heavy atom. The molecule has 0 aliphatic heterocycles. The van der Waals surface area contributed by atoms with Gasteiger partial charge >= 0.3 is 0 Å². The van der Waals surface area contributed by atoms with E-state index in [1.54, 1.807) is 5.56 Å². The van der Waals surface area contributed by atoms with Crippen LogP contribution in [0.4, 0.5) is 0 Å². The van der Waals surface area contributed by atoms with Crippen LogP contribution in [0, 0.1) is 0 Å². The van der Waals surface area contributed by atoms with E-state index >= 15 is 0 Å². The maximum Gasteiger partial charge on any atom is -0.00107 e. The van der Waals surface area contributed by atoms with Crippen molar-refractivity contribution in [1.29, 1.82) is 0 Å². The lowest BCUT2D eigenvalue weighted by Gasteiger charge is -2.22. The van der Waals surface area contributed by atoms with Crippen LogP contribution in [-0.4, -0.2) is 0 Å². The molecule has 0 bridgehead atoms. The van der Waals surface area contributed by atoms with E-state index in [9.17, 15) is 0 Å². The van der Waals surface area contributed by atoms with Gasteiger partial charge in [0.1, 0.15) is 0 Å². The Bertz CT molecular complexity index is 627. The zero-order chi connectivity index (χ0) is 13.6. The SMILES string of the molecule is CCc1cc(C(C)(C)C)cc2c1Cc1ccccc1-2. The second-order valence-electron chi connectivity index (χ2n) is 6.60. The molecule has 2 aromatic carbocycles. The van der Waals surface area contributed by atoms with Crippen LogP contribution in [0.3, 0.4) is 0 Å². The minimum Gasteiger partial charge on any atom is -0.0619 e. The molecule has 2 aromatic rings. The number of rotatable bonds is 1. The summed E-state index contributed by atoms with van der Waals surface area (Å²) in [6.45, 7) is 9.17. The summed E-state index contributed by atoms with van der Waals surface area (Å²) < 4.78 is 0. The van der Waals surface area contributed by atoms with Gasteiger partial charge in [0.2, 0.25) is 0 Å². The van der Waals surface area contributed by atoms with Crippen molar-refractivity contribution < 1.29 is 0 Å². The third-order valence-electron chi connectivity index (χ3n) is 4.26. The Morgan fingerprint density at radius 2 is 1.74 bits per heavy atom. The first-order valence-electron chi connectivity index (χ1n) is 7.25. The molecule has 0 unspecified atom stereocenters. The Labute approximate surface area is 116 Å². The third-order valence-corrected chi connectivity index (χ3v) is 4.26. The van der Waals surface area contributed by atoms with Crippen LogP contribution >= 0.6 is 0 Å². The summed E-state index contributed by atoms with van der Waals surface area (Å²) in [7, 11) is 0. The summed E-state index contributed by atoms with van der Waals surface area (Å²) in [6.07, 6.45) is 2.24. The van der Waals surface area contributed by atoms with Crippen LogP contribution in [0.1, 0.15) is 49.9 Å². The van der Waals surface area contributed by atoms with Crippen LogP contribution in [-0.2, 0) is 18.3 Å². The van der Waals surface area contributed by atoms with Gasteiger partial charge in [0, 0.05) is 0 Å². The van der Waals surface area contributed by atoms with Gasteiger partial charge in [-0.05, 0) is 51.6 Å². The summed E-state index contributed by atoms with van der Waals surface area (Å²) in [5.74, 6) is 0. The molecular weight excluding hydrogens is 228 g/mol. The molecule has 0 heteroatoms. The number of hydrogen-bond acceptors (Lipinski definition) is 0. The fourth-order valence-electron chi connectivity index (χ4n) is 3.06. The van der Waals surface area contributed by atoms with Crippen molar-refractivity contribution >= 4 is 0 Å². The predicted molar refractivity (Wildman–Crippen MR) is 82.8 cm³/mol.